The number of benzene rings is 3. The highest BCUT2D eigenvalue weighted by molar-refractivity contribution is 8.14. The van der Waals surface area contributed by atoms with Crippen LogP contribution in [-0.2, 0) is 0 Å². The second-order valence-corrected chi connectivity index (χ2v) is 11.6. The van der Waals surface area contributed by atoms with E-state index < -0.39 is 12.4 Å². The van der Waals surface area contributed by atoms with Crippen LogP contribution in [0.5, 0.6) is 5.75 Å². The first-order chi connectivity index (χ1) is 21.4. The van der Waals surface area contributed by atoms with Crippen molar-refractivity contribution in [2.75, 3.05) is 17.2 Å². The van der Waals surface area contributed by atoms with Crippen molar-refractivity contribution in [3.63, 3.8) is 0 Å². The maximum atomic E-state index is 13.9. The number of ether oxygens (including phenoxy) is 1. The molecule has 0 aliphatic carbocycles. The maximum absolute atomic E-state index is 13.9. The van der Waals surface area contributed by atoms with Gasteiger partial charge < -0.3 is 15.0 Å². The van der Waals surface area contributed by atoms with Crippen molar-refractivity contribution in [1.82, 2.24) is 20.1 Å². The molecule has 1 saturated heterocycles. The van der Waals surface area contributed by atoms with Gasteiger partial charge in [0.05, 0.1) is 5.69 Å². The smallest absolute Gasteiger partial charge is 0.406 e. The van der Waals surface area contributed by atoms with E-state index >= 15 is 0 Å². The molecule has 0 saturated carbocycles. The molecule has 4 aromatic rings. The number of hydrogen-bond acceptors (Lipinski definition) is 5. The summed E-state index contributed by atoms with van der Waals surface area (Å²) in [6.07, 6.45) is -3.29. The molecule has 0 spiro atoms. The fraction of sp³-hybridized carbons (Fsp3) is 0.250. The summed E-state index contributed by atoms with van der Waals surface area (Å²) in [4.78, 5) is 23.5. The number of aromatic nitrogens is 3. The summed E-state index contributed by atoms with van der Waals surface area (Å²) in [5.74, 6) is 0.670. The second kappa shape index (κ2) is 13.1. The molecular formula is C32H30F4N6O2S. The zero-order chi connectivity index (χ0) is 32.3. The summed E-state index contributed by atoms with van der Waals surface area (Å²) in [5.41, 5.74) is 5.30. The third-order valence-electron chi connectivity index (χ3n) is 7.14. The van der Waals surface area contributed by atoms with Gasteiger partial charge in [0.2, 0.25) is 0 Å². The van der Waals surface area contributed by atoms with Crippen LogP contribution >= 0.6 is 11.8 Å². The fourth-order valence-electron chi connectivity index (χ4n) is 4.73. The molecule has 0 radical (unpaired) electrons. The summed E-state index contributed by atoms with van der Waals surface area (Å²) < 4.78 is 56.6. The number of nitrogens with one attached hydrogen (secondary N) is 1. The topological polar surface area (TPSA) is 84.6 Å². The first kappa shape index (κ1) is 31.8. The lowest BCUT2D eigenvalue weighted by atomic mass is 10.0. The second-order valence-electron chi connectivity index (χ2n) is 10.6. The Balaban J connectivity index is 1.26. The standard InChI is InChI=1S/C32H30F4N6O2S/c1-19(2)27-17-24(33)9-14-28(27)41-15-16-45-31(41)39-30(43)38-21(4)20(3)22-5-7-23(8-6-22)29-37-18-42(40-29)25-10-12-26(13-11-25)44-32(34,35)36/h5-14,17-19H,15-16H2,1-4H3,(H,38,43)/b21-20+,39-31-. The first-order valence-corrected chi connectivity index (χ1v) is 15.0. The largest absolute Gasteiger partial charge is 0.573 e. The molecule has 0 unspecified atom stereocenters. The van der Waals surface area contributed by atoms with E-state index in [1.165, 1.54) is 59.2 Å². The molecule has 1 aliphatic rings. The van der Waals surface area contributed by atoms with Crippen LogP contribution in [0.15, 0.2) is 83.7 Å². The number of amidine groups is 1. The Bertz CT molecular complexity index is 1750. The monoisotopic (exact) mass is 638 g/mol. The number of halogens is 4. The lowest BCUT2D eigenvalue weighted by molar-refractivity contribution is -0.274. The normalized spacial score (nSPS) is 15.0. The minimum absolute atomic E-state index is 0.101. The third kappa shape index (κ3) is 7.72. The Labute approximate surface area is 261 Å². The lowest BCUT2D eigenvalue weighted by Crippen LogP contribution is -2.28. The number of rotatable bonds is 7. The van der Waals surface area contributed by atoms with Crippen molar-refractivity contribution in [1.29, 1.82) is 0 Å². The molecule has 45 heavy (non-hydrogen) atoms. The van der Waals surface area contributed by atoms with Gasteiger partial charge in [-0.15, -0.1) is 18.3 Å². The number of allylic oxidation sites excluding steroid dienone is 2. The van der Waals surface area contributed by atoms with Gasteiger partial charge in [0.25, 0.3) is 0 Å². The van der Waals surface area contributed by atoms with Gasteiger partial charge in [-0.2, -0.15) is 4.99 Å². The zero-order valence-electron chi connectivity index (χ0n) is 24.9. The number of thioether (sulfide) groups is 1. The molecule has 234 valence electrons. The molecule has 13 heteroatoms. The van der Waals surface area contributed by atoms with Crippen molar-refractivity contribution in [3.05, 3.63) is 95.7 Å². The molecule has 1 aliphatic heterocycles. The molecule has 5 rings (SSSR count). The average Bonchev–Trinajstić information content (AvgIpc) is 3.67. The SMILES string of the molecule is C/C(NC(=O)/N=C1\SCCN1c1ccc(F)cc1C(C)C)=C(/C)c1ccc(-c2ncn(-c3ccc(OC(F)(F)F)cc3)n2)cc1. The summed E-state index contributed by atoms with van der Waals surface area (Å²) in [6.45, 7) is 8.35. The summed E-state index contributed by atoms with van der Waals surface area (Å²) >= 11 is 1.48. The van der Waals surface area contributed by atoms with Crippen LogP contribution in [0.2, 0.25) is 0 Å². The van der Waals surface area contributed by atoms with E-state index in [1.807, 2.05) is 49.9 Å². The van der Waals surface area contributed by atoms with E-state index in [1.54, 1.807) is 13.0 Å². The predicted octanol–water partition coefficient (Wildman–Crippen LogP) is 8.17. The minimum atomic E-state index is -4.76. The summed E-state index contributed by atoms with van der Waals surface area (Å²) in [5, 5.41) is 7.86. The van der Waals surface area contributed by atoms with Crippen LogP contribution in [-0.4, -0.2) is 44.6 Å². The molecule has 8 nitrogen and oxygen atoms in total. The molecule has 1 aromatic heterocycles. The molecule has 3 aromatic carbocycles. The highest BCUT2D eigenvalue weighted by Crippen LogP contribution is 2.33. The summed E-state index contributed by atoms with van der Waals surface area (Å²) in [6, 6.07) is 16.9. The van der Waals surface area contributed by atoms with Gasteiger partial charge in [-0.3, -0.25) is 0 Å². The van der Waals surface area contributed by atoms with Crippen LogP contribution in [0.1, 0.15) is 44.7 Å². The van der Waals surface area contributed by atoms with Crippen molar-refractivity contribution < 1.29 is 27.1 Å². The van der Waals surface area contributed by atoms with E-state index in [-0.39, 0.29) is 17.5 Å². The van der Waals surface area contributed by atoms with Gasteiger partial charge in [0.1, 0.15) is 17.9 Å². The zero-order valence-corrected chi connectivity index (χ0v) is 25.7. The van der Waals surface area contributed by atoms with E-state index in [2.05, 4.69) is 25.1 Å². The predicted molar refractivity (Wildman–Crippen MR) is 168 cm³/mol. The fourth-order valence-corrected chi connectivity index (χ4v) is 5.68. The maximum Gasteiger partial charge on any atom is 0.573 e. The van der Waals surface area contributed by atoms with Gasteiger partial charge in [-0.1, -0.05) is 49.9 Å². The molecule has 1 N–H and O–H groups in total. The molecule has 0 atom stereocenters. The quantitative estimate of drug-likeness (QED) is 0.206. The van der Waals surface area contributed by atoms with Gasteiger partial charge in [-0.05, 0) is 78.9 Å². The number of hydrogen-bond donors (Lipinski definition) is 1. The van der Waals surface area contributed by atoms with E-state index in [0.717, 1.165) is 33.7 Å². The number of alkyl halides is 3. The average molecular weight is 639 g/mol. The lowest BCUT2D eigenvalue weighted by Gasteiger charge is -2.23. The van der Waals surface area contributed by atoms with Crippen molar-refractivity contribution in [2.45, 2.75) is 40.0 Å². The van der Waals surface area contributed by atoms with Crippen molar-refractivity contribution >= 4 is 34.2 Å². The summed E-state index contributed by atoms with van der Waals surface area (Å²) in [7, 11) is 0. The van der Waals surface area contributed by atoms with Gasteiger partial charge in [0.15, 0.2) is 11.0 Å². The van der Waals surface area contributed by atoms with Crippen LogP contribution in [0.3, 0.4) is 0 Å². The van der Waals surface area contributed by atoms with Crippen LogP contribution in [0.4, 0.5) is 28.0 Å². The first-order valence-electron chi connectivity index (χ1n) is 14.0. The van der Waals surface area contributed by atoms with Crippen LogP contribution < -0.4 is 15.0 Å². The Morgan fingerprint density at radius 3 is 2.42 bits per heavy atom. The van der Waals surface area contributed by atoms with Crippen LogP contribution in [0, 0.1) is 5.82 Å². The number of urea groups is 1. The Hall–Kier alpha value is -4.65. The van der Waals surface area contributed by atoms with E-state index in [4.69, 9.17) is 0 Å². The van der Waals surface area contributed by atoms with Gasteiger partial charge in [-0.25, -0.2) is 18.9 Å². The number of carbonyl (C=O) groups excluding carboxylic acids is 1. The minimum Gasteiger partial charge on any atom is -0.406 e. The van der Waals surface area contributed by atoms with Gasteiger partial charge >= 0.3 is 12.4 Å². The van der Waals surface area contributed by atoms with Gasteiger partial charge in [0, 0.05) is 29.2 Å². The number of carbonyl (C=O) groups is 1. The van der Waals surface area contributed by atoms with E-state index in [0.29, 0.717) is 28.9 Å². The number of aliphatic imine (C=N–C) groups is 1. The molecule has 2 amide bonds. The number of anilines is 1. The molecule has 0 bridgehead atoms. The third-order valence-corrected chi connectivity index (χ3v) is 8.09. The number of nitrogens with zero attached hydrogens (tertiary/aromatic N) is 5. The number of amides is 2. The highest BCUT2D eigenvalue weighted by Gasteiger charge is 2.31. The molecule has 2 heterocycles. The van der Waals surface area contributed by atoms with E-state index in [9.17, 15) is 22.4 Å². The Morgan fingerprint density at radius 2 is 1.76 bits per heavy atom. The Morgan fingerprint density at radius 1 is 1.04 bits per heavy atom. The van der Waals surface area contributed by atoms with Crippen molar-refractivity contribution in [2.24, 2.45) is 4.99 Å². The Kier molecular flexibility index (Phi) is 9.28. The van der Waals surface area contributed by atoms with Crippen LogP contribution in [0.25, 0.3) is 22.6 Å². The highest BCUT2D eigenvalue weighted by atomic mass is 32.2. The molecule has 1 fully saturated rings. The molecular weight excluding hydrogens is 608 g/mol. The van der Waals surface area contributed by atoms with Crippen molar-refractivity contribution in [3.8, 4) is 22.8 Å².